The highest BCUT2D eigenvalue weighted by atomic mass is 79.9. The fourth-order valence-corrected chi connectivity index (χ4v) is 4.12. The number of nitrogens with one attached hydrogen (secondary N) is 2. The Morgan fingerprint density at radius 3 is 2.57 bits per heavy atom. The molecule has 0 unspecified atom stereocenters. The zero-order chi connectivity index (χ0) is 20.5. The number of thiazole rings is 1. The van der Waals surface area contributed by atoms with Gasteiger partial charge in [-0.1, -0.05) is 0 Å². The molecule has 1 aliphatic rings. The first kappa shape index (κ1) is 20.7. The van der Waals surface area contributed by atoms with Crippen LogP contribution in [0.5, 0.6) is 0 Å². The molecule has 2 N–H and O–H groups in total. The van der Waals surface area contributed by atoms with Gasteiger partial charge < -0.3 is 10.2 Å². The molecule has 5 nitrogen and oxygen atoms in total. The fourth-order valence-electron chi connectivity index (χ4n) is 2.86. The fraction of sp³-hybridized carbons (Fsp3) is 0.353. The minimum atomic E-state index is -4.47. The van der Waals surface area contributed by atoms with Gasteiger partial charge in [0.25, 0.3) is 0 Å². The summed E-state index contributed by atoms with van der Waals surface area (Å²) in [7, 11) is 0. The Labute approximate surface area is 170 Å². The van der Waals surface area contributed by atoms with E-state index in [4.69, 9.17) is 5.41 Å². The van der Waals surface area contributed by atoms with Crippen LogP contribution in [0.3, 0.4) is 0 Å². The topological polar surface area (TPSA) is 69.1 Å². The maximum absolute atomic E-state index is 13.3. The first-order valence-corrected chi connectivity index (χ1v) is 9.95. The summed E-state index contributed by atoms with van der Waals surface area (Å²) in [6.07, 6.45) is -3.65. The van der Waals surface area contributed by atoms with E-state index in [2.05, 4.69) is 26.2 Å². The molecule has 0 atom stereocenters. The summed E-state index contributed by atoms with van der Waals surface area (Å²) < 4.78 is 51.5. The molecule has 0 aliphatic carbocycles. The predicted octanol–water partition coefficient (Wildman–Crippen LogP) is 4.94. The second-order valence-corrected chi connectivity index (χ2v) is 7.96. The Balaban J connectivity index is 1.56. The minimum absolute atomic E-state index is 0.215. The van der Waals surface area contributed by atoms with E-state index in [0.29, 0.717) is 31.6 Å². The number of benzene rings is 1. The summed E-state index contributed by atoms with van der Waals surface area (Å²) >= 11 is 3.96. The van der Waals surface area contributed by atoms with Crippen LogP contribution in [0, 0.1) is 17.1 Å². The lowest BCUT2D eigenvalue weighted by atomic mass is 9.92. The molecular weight excluding hydrogens is 464 g/mol. The maximum atomic E-state index is 13.3. The summed E-state index contributed by atoms with van der Waals surface area (Å²) in [5.74, 6) is -1.53. The van der Waals surface area contributed by atoms with Gasteiger partial charge in [0, 0.05) is 30.1 Å². The number of halogens is 5. The second kappa shape index (κ2) is 8.16. The quantitative estimate of drug-likeness (QED) is 0.371. The van der Waals surface area contributed by atoms with Crippen LogP contribution in [-0.2, 0) is 11.0 Å². The number of ketones is 1. The number of hydrogen-bond donors (Lipinski definition) is 2. The van der Waals surface area contributed by atoms with Crippen LogP contribution in [0.2, 0.25) is 0 Å². The number of nitrogens with zero attached hydrogens (tertiary/aromatic N) is 2. The molecule has 3 rings (SSSR count). The van der Waals surface area contributed by atoms with Crippen LogP contribution in [-0.4, -0.2) is 29.7 Å². The number of aromatic nitrogens is 1. The number of rotatable bonds is 4. The van der Waals surface area contributed by atoms with Crippen molar-refractivity contribution >= 4 is 49.7 Å². The number of carbonyl (C=O) groups is 1. The van der Waals surface area contributed by atoms with Crippen molar-refractivity contribution < 1.29 is 22.4 Å². The van der Waals surface area contributed by atoms with Crippen molar-refractivity contribution in [2.24, 2.45) is 5.92 Å². The molecule has 1 aliphatic heterocycles. The van der Waals surface area contributed by atoms with Crippen molar-refractivity contribution in [1.29, 1.82) is 5.41 Å². The first-order chi connectivity index (χ1) is 13.1. The van der Waals surface area contributed by atoms with E-state index in [1.54, 1.807) is 4.90 Å². The molecule has 11 heteroatoms. The van der Waals surface area contributed by atoms with Crippen molar-refractivity contribution in [3.8, 4) is 0 Å². The van der Waals surface area contributed by atoms with Gasteiger partial charge in [0.15, 0.2) is 16.7 Å². The van der Waals surface area contributed by atoms with E-state index in [1.807, 2.05) is 0 Å². The second-order valence-electron chi connectivity index (χ2n) is 6.27. The molecule has 2 heterocycles. The molecule has 0 radical (unpaired) electrons. The number of piperidine rings is 1. The van der Waals surface area contributed by atoms with Crippen molar-refractivity contribution in [2.75, 3.05) is 23.3 Å². The summed E-state index contributed by atoms with van der Waals surface area (Å²) in [6.45, 7) is 0.771. The third kappa shape index (κ3) is 4.69. The van der Waals surface area contributed by atoms with Gasteiger partial charge in [0.1, 0.15) is 5.82 Å². The van der Waals surface area contributed by atoms with Crippen LogP contribution >= 0.6 is 27.3 Å². The number of anilines is 2. The van der Waals surface area contributed by atoms with Crippen molar-refractivity contribution in [3.63, 3.8) is 0 Å². The van der Waals surface area contributed by atoms with Crippen LogP contribution in [0.15, 0.2) is 28.1 Å². The molecule has 0 amide bonds. The van der Waals surface area contributed by atoms with Crippen LogP contribution in [0.4, 0.5) is 28.4 Å². The van der Waals surface area contributed by atoms with E-state index >= 15 is 0 Å². The zero-order valence-corrected chi connectivity index (χ0v) is 16.7. The van der Waals surface area contributed by atoms with Crippen molar-refractivity contribution in [2.45, 2.75) is 19.0 Å². The lowest BCUT2D eigenvalue weighted by Crippen LogP contribution is -2.39. The highest BCUT2D eigenvalue weighted by Gasteiger charge is 2.35. The molecule has 1 saturated heterocycles. The average molecular weight is 479 g/mol. The monoisotopic (exact) mass is 478 g/mol. The van der Waals surface area contributed by atoms with Crippen molar-refractivity contribution in [3.05, 3.63) is 39.6 Å². The van der Waals surface area contributed by atoms with Crippen molar-refractivity contribution in [1.82, 2.24) is 4.98 Å². The van der Waals surface area contributed by atoms with Gasteiger partial charge in [0.2, 0.25) is 5.78 Å². The Morgan fingerprint density at radius 1 is 1.32 bits per heavy atom. The van der Waals surface area contributed by atoms with E-state index in [0.717, 1.165) is 16.7 Å². The Bertz CT molecular complexity index is 894. The van der Waals surface area contributed by atoms with E-state index < -0.39 is 23.6 Å². The van der Waals surface area contributed by atoms with E-state index in [1.165, 1.54) is 18.2 Å². The molecular formula is C17H15BrF4N4OS. The number of carbonyl (C=O) groups excluding carboxylic acids is 1. The number of alkyl halides is 3. The lowest BCUT2D eigenvalue weighted by Gasteiger charge is -2.31. The van der Waals surface area contributed by atoms with Gasteiger partial charge in [-0.3, -0.25) is 10.2 Å². The molecule has 150 valence electrons. The highest BCUT2D eigenvalue weighted by Crippen LogP contribution is 2.34. The smallest absolute Gasteiger partial charge is 0.348 e. The highest BCUT2D eigenvalue weighted by molar-refractivity contribution is 9.10. The minimum Gasteiger partial charge on any atom is -0.348 e. The Hall–Kier alpha value is -2.01. The molecule has 1 fully saturated rings. The summed E-state index contributed by atoms with van der Waals surface area (Å²) in [5.41, 5.74) is -0.506. The molecule has 1 aromatic heterocycles. The molecule has 0 spiro atoms. The SMILES string of the molecule is N=C(Nc1ccc(F)c(Br)c1)C(=O)C1CCN(c2nc(C(F)(F)F)cs2)CC1. The Morgan fingerprint density at radius 2 is 2.00 bits per heavy atom. The third-order valence-electron chi connectivity index (χ3n) is 4.35. The normalized spacial score (nSPS) is 15.5. The molecule has 0 bridgehead atoms. The summed E-state index contributed by atoms with van der Waals surface area (Å²) in [4.78, 5) is 17.8. The number of hydrogen-bond acceptors (Lipinski definition) is 5. The maximum Gasteiger partial charge on any atom is 0.434 e. The van der Waals surface area contributed by atoms with Gasteiger partial charge in [-0.05, 0) is 47.0 Å². The van der Waals surface area contributed by atoms with E-state index in [-0.39, 0.29) is 21.2 Å². The largest absolute Gasteiger partial charge is 0.434 e. The zero-order valence-electron chi connectivity index (χ0n) is 14.3. The molecule has 28 heavy (non-hydrogen) atoms. The molecule has 2 aromatic rings. The average Bonchev–Trinajstić information content (AvgIpc) is 3.15. The number of amidine groups is 1. The standard InChI is InChI=1S/C17H15BrF4N4OS/c18-11-7-10(1-2-12(11)19)24-15(23)14(27)9-3-5-26(6-4-9)16-25-13(8-28-16)17(20,21)22/h1-2,7-9H,3-6H2,(H2,23,24). The first-order valence-electron chi connectivity index (χ1n) is 8.27. The summed E-state index contributed by atoms with van der Waals surface area (Å²) in [6, 6.07) is 4.07. The summed E-state index contributed by atoms with van der Waals surface area (Å²) in [5, 5.41) is 11.9. The van der Waals surface area contributed by atoms with Gasteiger partial charge in [-0.2, -0.15) is 13.2 Å². The predicted molar refractivity (Wildman–Crippen MR) is 103 cm³/mol. The van der Waals surface area contributed by atoms with Gasteiger partial charge in [-0.25, -0.2) is 9.37 Å². The van der Waals surface area contributed by atoms with Gasteiger partial charge in [0.05, 0.1) is 4.47 Å². The Kier molecular flexibility index (Phi) is 6.04. The molecule has 0 saturated carbocycles. The van der Waals surface area contributed by atoms with Crippen LogP contribution in [0.1, 0.15) is 18.5 Å². The van der Waals surface area contributed by atoms with E-state index in [9.17, 15) is 22.4 Å². The lowest BCUT2D eigenvalue weighted by molar-refractivity contribution is -0.140. The third-order valence-corrected chi connectivity index (χ3v) is 5.86. The van der Waals surface area contributed by atoms with Gasteiger partial charge >= 0.3 is 6.18 Å². The molecule has 1 aromatic carbocycles. The van der Waals surface area contributed by atoms with Crippen LogP contribution < -0.4 is 10.2 Å². The number of Topliss-reactive ketones (excluding diaryl/α,β-unsaturated/α-hetero) is 1. The van der Waals surface area contributed by atoms with Gasteiger partial charge in [-0.15, -0.1) is 11.3 Å². The van der Waals surface area contributed by atoms with Crippen LogP contribution in [0.25, 0.3) is 0 Å².